The molecule has 0 bridgehead atoms. The summed E-state index contributed by atoms with van der Waals surface area (Å²) in [6.45, 7) is 4.23. The van der Waals surface area contributed by atoms with E-state index in [4.69, 9.17) is 8.92 Å². The van der Waals surface area contributed by atoms with Gasteiger partial charge >= 0.3 is 5.97 Å². The number of rotatable bonds is 8. The lowest BCUT2D eigenvalue weighted by molar-refractivity contribution is -0.141. The Labute approximate surface area is 94.4 Å². The molecular weight excluding hydrogens is 218 g/mol. The highest BCUT2D eigenvalue weighted by Gasteiger charge is 2.01. The van der Waals surface area contributed by atoms with Crippen molar-refractivity contribution in [1.29, 1.82) is 0 Å². The van der Waals surface area contributed by atoms with Gasteiger partial charge in [0.1, 0.15) is 12.4 Å². The molecule has 0 amide bonds. The quantitative estimate of drug-likeness (QED) is 0.271. The highest BCUT2D eigenvalue weighted by molar-refractivity contribution is 7.92. The zero-order chi connectivity index (χ0) is 11.7. The third-order valence-corrected chi connectivity index (χ3v) is 2.14. The zero-order valence-corrected chi connectivity index (χ0v) is 10.1. The molecule has 0 saturated carbocycles. The molecule has 0 heterocycles. The summed E-state index contributed by atoms with van der Waals surface area (Å²) in [5, 5.41) is 0. The van der Waals surface area contributed by atoms with E-state index in [2.05, 4.69) is 0 Å². The second-order valence-corrected chi connectivity index (χ2v) is 4.05. The fourth-order valence-electron chi connectivity index (χ4n) is 0.668. The number of hydrogen-bond acceptors (Lipinski definition) is 6. The Balaban J connectivity index is 3.29. The first kappa shape index (κ1) is 14.4. The number of esters is 1. The lowest BCUT2D eigenvalue weighted by Gasteiger charge is -2.13. The van der Waals surface area contributed by atoms with Gasteiger partial charge in [-0.3, -0.25) is 9.59 Å². The third-order valence-electron chi connectivity index (χ3n) is 1.43. The Morgan fingerprint density at radius 3 is 2.47 bits per heavy atom. The molecule has 0 aliphatic heterocycles. The highest BCUT2D eigenvalue weighted by Crippen LogP contribution is 2.08. The van der Waals surface area contributed by atoms with Gasteiger partial charge in [0.15, 0.2) is 0 Å². The minimum absolute atomic E-state index is 0.109. The van der Waals surface area contributed by atoms with Crippen LogP contribution in [0, 0.1) is 0 Å². The number of hydrogen-bond donors (Lipinski definition) is 0. The summed E-state index contributed by atoms with van der Waals surface area (Å²) in [7, 11) is 1.82. The molecule has 88 valence electrons. The number of likely N-dealkylation sites (N-methyl/N-ethyl adjacent to an activating group) is 1. The van der Waals surface area contributed by atoms with Gasteiger partial charge in [-0.1, -0.05) is 0 Å². The summed E-state index contributed by atoms with van der Waals surface area (Å²) in [5.41, 5.74) is 0. The van der Waals surface area contributed by atoms with Gasteiger partial charge in [0, 0.05) is 19.9 Å². The predicted molar refractivity (Wildman–Crippen MR) is 58.1 cm³/mol. The van der Waals surface area contributed by atoms with Crippen LogP contribution in [-0.4, -0.2) is 42.9 Å². The molecule has 0 aliphatic rings. The van der Waals surface area contributed by atoms with Crippen molar-refractivity contribution in [1.82, 2.24) is 4.31 Å². The molecule has 0 spiro atoms. The number of carbonyl (C=O) groups is 2. The normalized spacial score (nSPS) is 10.4. The van der Waals surface area contributed by atoms with Crippen LogP contribution in [0.3, 0.4) is 0 Å². The van der Waals surface area contributed by atoms with E-state index in [1.807, 2.05) is 7.05 Å². The van der Waals surface area contributed by atoms with E-state index < -0.39 is 0 Å². The van der Waals surface area contributed by atoms with Crippen LogP contribution in [0.4, 0.5) is 0 Å². The molecule has 0 saturated heterocycles. The number of Topliss-reactive ketones (excluding diaryl/α,β-unsaturated/α-hetero) is 1. The molecule has 0 N–H and O–H groups in total. The fourth-order valence-corrected chi connectivity index (χ4v) is 1.15. The van der Waals surface area contributed by atoms with Crippen LogP contribution < -0.4 is 0 Å². The predicted octanol–water partition coefficient (Wildman–Crippen LogP) is 1.04. The summed E-state index contributed by atoms with van der Waals surface area (Å²) in [5.74, 6) is -0.177. The van der Waals surface area contributed by atoms with Gasteiger partial charge in [-0.15, -0.1) is 0 Å². The molecule has 15 heavy (non-hydrogen) atoms. The topological polar surface area (TPSA) is 55.8 Å². The first-order chi connectivity index (χ1) is 7.02. The second kappa shape index (κ2) is 8.70. The van der Waals surface area contributed by atoms with E-state index in [1.165, 1.54) is 13.8 Å². The van der Waals surface area contributed by atoms with E-state index in [1.54, 1.807) is 4.31 Å². The van der Waals surface area contributed by atoms with Crippen LogP contribution in [0.5, 0.6) is 0 Å². The Morgan fingerprint density at radius 1 is 1.27 bits per heavy atom. The first-order valence-electron chi connectivity index (χ1n) is 4.66. The van der Waals surface area contributed by atoms with Crippen molar-refractivity contribution in [3.05, 3.63) is 0 Å². The van der Waals surface area contributed by atoms with E-state index in [0.717, 1.165) is 12.2 Å². The molecule has 0 fully saturated rings. The van der Waals surface area contributed by atoms with E-state index in [0.29, 0.717) is 26.2 Å². The number of nitrogens with zero attached hydrogens (tertiary/aromatic N) is 1. The van der Waals surface area contributed by atoms with Crippen molar-refractivity contribution < 1.29 is 18.5 Å². The smallest absolute Gasteiger partial charge is 0.302 e. The van der Waals surface area contributed by atoms with Gasteiger partial charge < -0.3 is 8.92 Å². The molecule has 0 atom stereocenters. The maximum atomic E-state index is 10.6. The van der Waals surface area contributed by atoms with E-state index in [-0.39, 0.29) is 11.8 Å². The van der Waals surface area contributed by atoms with Gasteiger partial charge in [-0.25, -0.2) is 4.31 Å². The molecule has 0 aliphatic carbocycles. The lowest BCUT2D eigenvalue weighted by Crippen LogP contribution is -2.18. The van der Waals surface area contributed by atoms with Gasteiger partial charge in [-0.05, 0) is 14.0 Å². The van der Waals surface area contributed by atoms with Gasteiger partial charge in [0.25, 0.3) is 0 Å². The van der Waals surface area contributed by atoms with Crippen molar-refractivity contribution in [2.45, 2.75) is 20.3 Å². The molecule has 0 unspecified atom stereocenters. The molecule has 0 radical (unpaired) electrons. The summed E-state index contributed by atoms with van der Waals surface area (Å²) < 4.78 is 11.7. The Bertz CT molecular complexity index is 210. The zero-order valence-electron chi connectivity index (χ0n) is 9.32. The van der Waals surface area contributed by atoms with E-state index in [9.17, 15) is 9.59 Å². The van der Waals surface area contributed by atoms with Crippen molar-refractivity contribution in [2.24, 2.45) is 0 Å². The number of ketones is 1. The summed E-state index contributed by atoms with van der Waals surface area (Å²) in [6.07, 6.45) is 0.421. The average Bonchev–Trinajstić information content (AvgIpc) is 2.11. The minimum atomic E-state index is -0.286. The second-order valence-electron chi connectivity index (χ2n) is 3.04. The van der Waals surface area contributed by atoms with E-state index >= 15 is 0 Å². The molecule has 0 aromatic rings. The number of carbonyl (C=O) groups excluding carboxylic acids is 2. The number of ether oxygens (including phenoxy) is 1. The molecule has 0 aromatic heterocycles. The first-order valence-corrected chi connectivity index (χ1v) is 5.35. The van der Waals surface area contributed by atoms with Gasteiger partial charge in [-0.2, -0.15) is 0 Å². The molecule has 0 rings (SSSR count). The van der Waals surface area contributed by atoms with Crippen LogP contribution >= 0.6 is 12.2 Å². The third kappa shape index (κ3) is 11.3. The average molecular weight is 235 g/mol. The SMILES string of the molecule is CC(=O)CCOSN(C)CCOC(C)=O. The van der Waals surface area contributed by atoms with Crippen LogP contribution in [0.2, 0.25) is 0 Å². The van der Waals surface area contributed by atoms with Crippen molar-refractivity contribution in [2.75, 3.05) is 26.8 Å². The lowest BCUT2D eigenvalue weighted by atomic mass is 10.3. The van der Waals surface area contributed by atoms with Crippen molar-refractivity contribution >= 4 is 24.0 Å². The molecular formula is C9H17NO4S. The van der Waals surface area contributed by atoms with Gasteiger partial charge in [0.2, 0.25) is 0 Å². The molecule has 0 aromatic carbocycles. The maximum Gasteiger partial charge on any atom is 0.302 e. The van der Waals surface area contributed by atoms with Crippen LogP contribution in [0.15, 0.2) is 0 Å². The Kier molecular flexibility index (Phi) is 8.35. The Morgan fingerprint density at radius 2 is 1.93 bits per heavy atom. The standard InChI is InChI=1S/C9H17NO4S/c1-8(11)4-6-14-15-10(3)5-7-13-9(2)12/h4-7H2,1-3H3. The monoisotopic (exact) mass is 235 g/mol. The molecule has 6 heteroatoms. The highest BCUT2D eigenvalue weighted by atomic mass is 32.2. The Hall–Kier alpha value is -0.590. The van der Waals surface area contributed by atoms with Gasteiger partial charge in [0.05, 0.1) is 18.8 Å². The molecule has 5 nitrogen and oxygen atoms in total. The van der Waals surface area contributed by atoms with Crippen molar-refractivity contribution in [3.8, 4) is 0 Å². The summed E-state index contributed by atoms with van der Waals surface area (Å²) in [4.78, 5) is 21.0. The van der Waals surface area contributed by atoms with Crippen molar-refractivity contribution in [3.63, 3.8) is 0 Å². The van der Waals surface area contributed by atoms with Crippen LogP contribution in [0.25, 0.3) is 0 Å². The maximum absolute atomic E-state index is 10.6. The fraction of sp³-hybridized carbons (Fsp3) is 0.778. The van der Waals surface area contributed by atoms with Crippen LogP contribution in [-0.2, 0) is 18.5 Å². The largest absolute Gasteiger partial charge is 0.464 e. The van der Waals surface area contributed by atoms with Crippen LogP contribution in [0.1, 0.15) is 20.3 Å². The summed E-state index contributed by atoms with van der Waals surface area (Å²) in [6, 6.07) is 0. The minimum Gasteiger partial charge on any atom is -0.464 e. The summed E-state index contributed by atoms with van der Waals surface area (Å²) >= 11 is 1.16.